The molecule has 0 spiro atoms. The molecular weight excluding hydrogens is 356 g/mol. The number of fused-ring (bicyclic) bond motifs is 1. The van der Waals surface area contributed by atoms with Gasteiger partial charge in [0.1, 0.15) is 11.6 Å². The quantitative estimate of drug-likeness (QED) is 0.656. The van der Waals surface area contributed by atoms with Crippen LogP contribution in [-0.4, -0.2) is 28.4 Å². The molecule has 6 nitrogen and oxygen atoms in total. The highest BCUT2D eigenvalue weighted by Crippen LogP contribution is 2.33. The Kier molecular flexibility index (Phi) is 4.72. The van der Waals surface area contributed by atoms with Gasteiger partial charge in [-0.25, -0.2) is 8.78 Å². The molecule has 0 unspecified atom stereocenters. The van der Waals surface area contributed by atoms with Crippen molar-refractivity contribution in [2.24, 2.45) is 0 Å². The van der Waals surface area contributed by atoms with Crippen LogP contribution in [0.15, 0.2) is 40.9 Å². The first kappa shape index (κ1) is 17.4. The Labute approximate surface area is 154 Å². The van der Waals surface area contributed by atoms with Gasteiger partial charge in [0.25, 0.3) is 5.89 Å². The largest absolute Gasteiger partial charge is 0.454 e. The van der Waals surface area contributed by atoms with Crippen LogP contribution in [0.4, 0.5) is 8.78 Å². The highest BCUT2D eigenvalue weighted by atomic mass is 19.1. The van der Waals surface area contributed by atoms with Gasteiger partial charge in [-0.3, -0.25) is 4.90 Å². The van der Waals surface area contributed by atoms with E-state index in [9.17, 15) is 8.78 Å². The Morgan fingerprint density at radius 3 is 2.70 bits per heavy atom. The maximum absolute atomic E-state index is 13.9. The fraction of sp³-hybridized carbons (Fsp3) is 0.263. The van der Waals surface area contributed by atoms with E-state index in [1.165, 1.54) is 6.07 Å². The Morgan fingerprint density at radius 2 is 1.89 bits per heavy atom. The molecule has 1 aliphatic heterocycles. The minimum Gasteiger partial charge on any atom is -0.454 e. The number of aromatic nitrogens is 2. The smallest absolute Gasteiger partial charge is 0.260 e. The molecule has 0 amide bonds. The first-order valence-electron chi connectivity index (χ1n) is 8.51. The zero-order valence-electron chi connectivity index (χ0n) is 14.6. The first-order valence-corrected chi connectivity index (χ1v) is 8.51. The van der Waals surface area contributed by atoms with Gasteiger partial charge in [-0.1, -0.05) is 18.1 Å². The normalized spacial score (nSPS) is 12.7. The van der Waals surface area contributed by atoms with E-state index >= 15 is 0 Å². The number of benzene rings is 2. The minimum atomic E-state index is -0.738. The van der Waals surface area contributed by atoms with Crippen molar-refractivity contribution in [3.63, 3.8) is 0 Å². The molecule has 1 aromatic heterocycles. The average Bonchev–Trinajstić information content (AvgIpc) is 3.30. The summed E-state index contributed by atoms with van der Waals surface area (Å²) in [7, 11) is 0. The van der Waals surface area contributed by atoms with Crippen molar-refractivity contribution in [1.29, 1.82) is 0 Å². The van der Waals surface area contributed by atoms with Crippen LogP contribution in [0.3, 0.4) is 0 Å². The summed E-state index contributed by atoms with van der Waals surface area (Å²) in [6, 6.07) is 9.03. The lowest BCUT2D eigenvalue weighted by atomic mass is 10.2. The monoisotopic (exact) mass is 373 g/mol. The standard InChI is InChI=1S/C19H17F2N3O3/c1-2-24(9-12-3-6-16-17(7-12)26-11-25-16)10-18-22-19(27-23-18)14-5-4-13(20)8-15(14)21/h3-8H,2,9-11H2,1H3. The van der Waals surface area contributed by atoms with Gasteiger partial charge in [-0.15, -0.1) is 0 Å². The number of hydrogen-bond acceptors (Lipinski definition) is 6. The topological polar surface area (TPSA) is 60.6 Å². The van der Waals surface area contributed by atoms with Crippen molar-refractivity contribution < 1.29 is 22.8 Å². The molecule has 1 aliphatic rings. The maximum Gasteiger partial charge on any atom is 0.260 e. The van der Waals surface area contributed by atoms with Gasteiger partial charge in [0.2, 0.25) is 6.79 Å². The predicted molar refractivity (Wildman–Crippen MR) is 92.0 cm³/mol. The SMILES string of the molecule is CCN(Cc1ccc2c(c1)OCO2)Cc1noc(-c2ccc(F)cc2F)n1. The highest BCUT2D eigenvalue weighted by molar-refractivity contribution is 5.53. The lowest BCUT2D eigenvalue weighted by molar-refractivity contribution is 0.174. The van der Waals surface area contributed by atoms with Gasteiger partial charge in [0.05, 0.1) is 12.1 Å². The van der Waals surface area contributed by atoms with Gasteiger partial charge < -0.3 is 14.0 Å². The molecule has 0 saturated carbocycles. The molecule has 0 bridgehead atoms. The molecule has 0 radical (unpaired) electrons. The van der Waals surface area contributed by atoms with E-state index in [-0.39, 0.29) is 18.2 Å². The van der Waals surface area contributed by atoms with Crippen LogP contribution in [-0.2, 0) is 13.1 Å². The lowest BCUT2D eigenvalue weighted by Crippen LogP contribution is -2.23. The van der Waals surface area contributed by atoms with Crippen LogP contribution in [0, 0.1) is 11.6 Å². The van der Waals surface area contributed by atoms with Crippen molar-refractivity contribution in [2.75, 3.05) is 13.3 Å². The van der Waals surface area contributed by atoms with Gasteiger partial charge in [-0.05, 0) is 36.4 Å². The fourth-order valence-corrected chi connectivity index (χ4v) is 2.87. The van der Waals surface area contributed by atoms with E-state index in [1.807, 2.05) is 25.1 Å². The third kappa shape index (κ3) is 3.75. The summed E-state index contributed by atoms with van der Waals surface area (Å²) in [5.41, 5.74) is 1.14. The van der Waals surface area contributed by atoms with E-state index in [1.54, 1.807) is 0 Å². The molecule has 0 aliphatic carbocycles. The van der Waals surface area contributed by atoms with E-state index in [4.69, 9.17) is 14.0 Å². The van der Waals surface area contributed by atoms with Crippen LogP contribution in [0.5, 0.6) is 11.5 Å². The van der Waals surface area contributed by atoms with Crippen molar-refractivity contribution in [2.45, 2.75) is 20.0 Å². The minimum absolute atomic E-state index is 0.0293. The number of halogens is 2. The molecule has 27 heavy (non-hydrogen) atoms. The molecular formula is C19H17F2N3O3. The van der Waals surface area contributed by atoms with E-state index in [0.717, 1.165) is 35.7 Å². The lowest BCUT2D eigenvalue weighted by Gasteiger charge is -2.18. The van der Waals surface area contributed by atoms with E-state index in [2.05, 4.69) is 15.0 Å². The van der Waals surface area contributed by atoms with Crippen LogP contribution in [0.1, 0.15) is 18.3 Å². The third-order valence-electron chi connectivity index (χ3n) is 4.29. The Balaban J connectivity index is 1.47. The average molecular weight is 373 g/mol. The second-order valence-corrected chi connectivity index (χ2v) is 6.13. The van der Waals surface area contributed by atoms with E-state index < -0.39 is 11.6 Å². The van der Waals surface area contributed by atoms with Crippen molar-refractivity contribution in [3.8, 4) is 23.0 Å². The van der Waals surface area contributed by atoms with Crippen molar-refractivity contribution in [1.82, 2.24) is 15.0 Å². The Hall–Kier alpha value is -3.00. The van der Waals surface area contributed by atoms with Crippen LogP contribution < -0.4 is 9.47 Å². The number of rotatable bonds is 6. The van der Waals surface area contributed by atoms with Crippen LogP contribution in [0.25, 0.3) is 11.5 Å². The maximum atomic E-state index is 13.9. The third-order valence-corrected chi connectivity index (χ3v) is 4.29. The number of ether oxygens (including phenoxy) is 2. The van der Waals surface area contributed by atoms with Crippen molar-refractivity contribution >= 4 is 0 Å². The molecule has 8 heteroatoms. The molecule has 0 fully saturated rings. The molecule has 140 valence electrons. The Morgan fingerprint density at radius 1 is 1.04 bits per heavy atom. The van der Waals surface area contributed by atoms with Crippen LogP contribution >= 0.6 is 0 Å². The molecule has 4 rings (SSSR count). The van der Waals surface area contributed by atoms with Gasteiger partial charge in [-0.2, -0.15) is 4.98 Å². The number of hydrogen-bond donors (Lipinski definition) is 0. The second-order valence-electron chi connectivity index (χ2n) is 6.13. The van der Waals surface area contributed by atoms with E-state index in [0.29, 0.717) is 18.9 Å². The molecule has 0 saturated heterocycles. The predicted octanol–water partition coefficient (Wildman–Crippen LogP) is 3.77. The summed E-state index contributed by atoms with van der Waals surface area (Å²) < 4.78 is 42.8. The summed E-state index contributed by atoms with van der Waals surface area (Å²) in [5.74, 6) is 0.538. The summed E-state index contributed by atoms with van der Waals surface area (Å²) in [6.07, 6.45) is 0. The zero-order valence-corrected chi connectivity index (χ0v) is 14.6. The summed E-state index contributed by atoms with van der Waals surface area (Å²) in [5, 5.41) is 3.91. The molecule has 2 heterocycles. The molecule has 3 aromatic rings. The van der Waals surface area contributed by atoms with Crippen molar-refractivity contribution in [3.05, 3.63) is 59.4 Å². The summed E-state index contributed by atoms with van der Waals surface area (Å²) >= 11 is 0. The molecule has 2 aromatic carbocycles. The van der Waals surface area contributed by atoms with Gasteiger partial charge in [0.15, 0.2) is 17.3 Å². The van der Waals surface area contributed by atoms with Gasteiger partial charge >= 0.3 is 0 Å². The molecule has 0 N–H and O–H groups in total. The highest BCUT2D eigenvalue weighted by Gasteiger charge is 2.17. The summed E-state index contributed by atoms with van der Waals surface area (Å²) in [4.78, 5) is 6.34. The van der Waals surface area contributed by atoms with Crippen LogP contribution in [0.2, 0.25) is 0 Å². The summed E-state index contributed by atoms with van der Waals surface area (Å²) in [6.45, 7) is 4.10. The Bertz CT molecular complexity index is 961. The number of nitrogens with zero attached hydrogens (tertiary/aromatic N) is 3. The second kappa shape index (κ2) is 7.32. The molecule has 0 atom stereocenters. The van der Waals surface area contributed by atoms with Gasteiger partial charge in [0, 0.05) is 12.6 Å². The fourth-order valence-electron chi connectivity index (χ4n) is 2.87. The zero-order chi connectivity index (χ0) is 18.8. The first-order chi connectivity index (χ1) is 13.1.